The summed E-state index contributed by atoms with van der Waals surface area (Å²) in [7, 11) is 0. The Kier molecular flexibility index (Phi) is 3.75. The molecule has 0 saturated carbocycles. The molecule has 0 atom stereocenters. The van der Waals surface area contributed by atoms with Gasteiger partial charge in [0.2, 0.25) is 0 Å². The smallest absolute Gasteiger partial charge is 0.114 e. The highest BCUT2D eigenvalue weighted by atomic mass is 14.3. The molecule has 0 nitrogen and oxygen atoms in total. The highest BCUT2D eigenvalue weighted by Gasteiger charge is 2.35. The highest BCUT2D eigenvalue weighted by molar-refractivity contribution is 5.84. The maximum atomic E-state index is 3.44. The van der Waals surface area contributed by atoms with Crippen LogP contribution in [0, 0.1) is 5.92 Å². The molecule has 0 saturated heterocycles. The van der Waals surface area contributed by atoms with Gasteiger partial charge < -0.3 is 0 Å². The van der Waals surface area contributed by atoms with Crippen molar-refractivity contribution in [2.75, 3.05) is 0 Å². The summed E-state index contributed by atoms with van der Waals surface area (Å²) in [6.45, 7) is 0. The molecule has 32 heavy (non-hydrogen) atoms. The molecule has 6 aliphatic carbocycles. The summed E-state index contributed by atoms with van der Waals surface area (Å²) in [5, 5.41) is 0. The van der Waals surface area contributed by atoms with Gasteiger partial charge in [-0.3, -0.25) is 0 Å². The lowest BCUT2D eigenvalue weighted by molar-refractivity contribution is 1.07. The van der Waals surface area contributed by atoms with Gasteiger partial charge in [0.05, 0.1) is 11.5 Å². The van der Waals surface area contributed by atoms with Crippen molar-refractivity contribution >= 4 is 11.1 Å². The number of allylic oxidation sites excluding steroid dienone is 18. The fourth-order valence-electron chi connectivity index (χ4n) is 5.58. The maximum Gasteiger partial charge on any atom is 0.114 e. The van der Waals surface area contributed by atoms with Gasteiger partial charge in [-0.25, -0.2) is 0 Å². The molecule has 0 bridgehead atoms. The van der Waals surface area contributed by atoms with Crippen molar-refractivity contribution < 1.29 is 0 Å². The first-order valence-electron chi connectivity index (χ1n) is 11.3. The Morgan fingerprint density at radius 3 is 2.62 bits per heavy atom. The van der Waals surface area contributed by atoms with Crippen molar-refractivity contribution in [3.8, 4) is 0 Å². The second kappa shape index (κ2) is 6.78. The van der Waals surface area contributed by atoms with E-state index < -0.39 is 0 Å². The van der Waals surface area contributed by atoms with Gasteiger partial charge in [-0.2, -0.15) is 0 Å². The van der Waals surface area contributed by atoms with Crippen LogP contribution in [0.4, 0.5) is 0 Å². The van der Waals surface area contributed by atoms with Gasteiger partial charge in [-0.1, -0.05) is 42.5 Å². The minimum Gasteiger partial charge on any atom is -0.116 e. The van der Waals surface area contributed by atoms with Gasteiger partial charge in [-0.05, 0) is 75.8 Å². The number of hydrogen-bond acceptors (Lipinski definition) is 0. The maximum absolute atomic E-state index is 3.44. The van der Waals surface area contributed by atoms with Gasteiger partial charge in [0.25, 0.3) is 0 Å². The lowest BCUT2D eigenvalue weighted by Crippen LogP contribution is -2.15. The van der Waals surface area contributed by atoms with Crippen molar-refractivity contribution in [2.45, 2.75) is 19.3 Å². The predicted molar refractivity (Wildman–Crippen MR) is 132 cm³/mol. The SMILES string of the molecule is C1=CC=C2CC(c3cccc(C4=CC5=CC=CC6=C=CC=C(C4)[C+]65)c3)=CC3=C2C=1CC=C3. The average Bonchev–Trinajstić information content (AvgIpc) is 2.85. The monoisotopic (exact) mass is 405 g/mol. The van der Waals surface area contributed by atoms with Crippen LogP contribution >= 0.6 is 0 Å². The fraction of sp³-hybridized carbons (Fsp3) is 0.0938. The summed E-state index contributed by atoms with van der Waals surface area (Å²) >= 11 is 0. The number of benzene rings is 1. The zero-order valence-corrected chi connectivity index (χ0v) is 17.8. The molecule has 0 N–H and O–H groups in total. The van der Waals surface area contributed by atoms with E-state index >= 15 is 0 Å². The Labute approximate surface area is 189 Å². The van der Waals surface area contributed by atoms with Crippen LogP contribution in [0.15, 0.2) is 142 Å². The van der Waals surface area contributed by atoms with E-state index in [1.165, 1.54) is 67.2 Å². The summed E-state index contributed by atoms with van der Waals surface area (Å²) in [5.41, 5.74) is 21.7. The van der Waals surface area contributed by atoms with Crippen molar-refractivity contribution in [3.63, 3.8) is 0 Å². The van der Waals surface area contributed by atoms with Crippen molar-refractivity contribution in [1.82, 2.24) is 0 Å². The highest BCUT2D eigenvalue weighted by Crippen LogP contribution is 2.46. The zero-order chi connectivity index (χ0) is 21.1. The van der Waals surface area contributed by atoms with Gasteiger partial charge in [0, 0.05) is 47.9 Å². The third kappa shape index (κ3) is 2.68. The molecular formula is C32H21+. The van der Waals surface area contributed by atoms with Crippen molar-refractivity contribution in [3.05, 3.63) is 159 Å². The number of hydrogen-bond donors (Lipinski definition) is 0. The second-order valence-corrected chi connectivity index (χ2v) is 8.96. The first kappa shape index (κ1) is 17.7. The Bertz CT molecular complexity index is 1480. The summed E-state index contributed by atoms with van der Waals surface area (Å²) in [4.78, 5) is 0. The Hall–Kier alpha value is -3.95. The van der Waals surface area contributed by atoms with E-state index in [9.17, 15) is 0 Å². The van der Waals surface area contributed by atoms with Crippen LogP contribution in [0.5, 0.6) is 0 Å². The van der Waals surface area contributed by atoms with E-state index in [1.54, 1.807) is 0 Å². The normalized spacial score (nSPS) is 21.6. The molecule has 0 fully saturated rings. The molecule has 148 valence electrons. The van der Waals surface area contributed by atoms with Crippen molar-refractivity contribution in [2.24, 2.45) is 0 Å². The molecule has 0 amide bonds. The molecule has 0 heterocycles. The Balaban J connectivity index is 1.29. The van der Waals surface area contributed by atoms with Gasteiger partial charge in [0.15, 0.2) is 0 Å². The molecule has 1 aromatic rings. The molecule has 7 rings (SSSR count). The standard InChI is InChI=1S/C32H21/c1-6-21-7-2-13-26-18-29(17-25(12-1)31(21)26)23-10-5-11-24(16-23)30-19-27-14-3-8-22-9-4-15-28(20-30)32(22)27/h1-6,10-17,19H,8,18,20H2/q+1. The second-order valence-electron chi connectivity index (χ2n) is 8.96. The van der Waals surface area contributed by atoms with E-state index in [4.69, 9.17) is 0 Å². The first-order valence-corrected chi connectivity index (χ1v) is 11.3. The predicted octanol–water partition coefficient (Wildman–Crippen LogP) is 7.63. The third-order valence-electron chi connectivity index (χ3n) is 7.04. The van der Waals surface area contributed by atoms with E-state index in [2.05, 4.69) is 103 Å². The van der Waals surface area contributed by atoms with Crippen LogP contribution in [0.2, 0.25) is 0 Å². The van der Waals surface area contributed by atoms with E-state index in [0.717, 1.165) is 19.3 Å². The molecular weight excluding hydrogens is 384 g/mol. The lowest BCUT2D eigenvalue weighted by Gasteiger charge is -2.27. The Morgan fingerprint density at radius 1 is 0.812 bits per heavy atom. The molecule has 0 aromatic heterocycles. The quantitative estimate of drug-likeness (QED) is 0.350. The first-order chi connectivity index (χ1) is 15.8. The molecule has 0 aliphatic heterocycles. The minimum atomic E-state index is 0.965. The van der Waals surface area contributed by atoms with Gasteiger partial charge >= 0.3 is 0 Å². The van der Waals surface area contributed by atoms with Gasteiger partial charge in [-0.15, -0.1) is 5.73 Å². The Morgan fingerprint density at radius 2 is 1.69 bits per heavy atom. The van der Waals surface area contributed by atoms with Crippen LogP contribution in [-0.2, 0) is 0 Å². The van der Waals surface area contributed by atoms with Crippen LogP contribution in [0.3, 0.4) is 0 Å². The zero-order valence-electron chi connectivity index (χ0n) is 17.8. The van der Waals surface area contributed by atoms with Crippen LogP contribution < -0.4 is 0 Å². The molecule has 0 heteroatoms. The summed E-state index contributed by atoms with van der Waals surface area (Å²) in [6, 6.07) is 9.11. The van der Waals surface area contributed by atoms with Crippen LogP contribution in [-0.4, -0.2) is 0 Å². The molecule has 6 aliphatic rings. The lowest BCUT2D eigenvalue weighted by atomic mass is 9.72. The van der Waals surface area contributed by atoms with Crippen LogP contribution in [0.1, 0.15) is 30.4 Å². The summed E-state index contributed by atoms with van der Waals surface area (Å²) < 4.78 is 0. The van der Waals surface area contributed by atoms with E-state index in [1.807, 2.05) is 0 Å². The summed E-state index contributed by atoms with van der Waals surface area (Å²) in [5.74, 6) is 1.36. The van der Waals surface area contributed by atoms with Crippen molar-refractivity contribution in [1.29, 1.82) is 0 Å². The number of rotatable bonds is 2. The topological polar surface area (TPSA) is 0 Å². The average molecular weight is 406 g/mol. The molecule has 1 aromatic carbocycles. The van der Waals surface area contributed by atoms with E-state index in [-0.39, 0.29) is 0 Å². The molecule has 0 radical (unpaired) electrons. The van der Waals surface area contributed by atoms with E-state index in [0.29, 0.717) is 0 Å². The van der Waals surface area contributed by atoms with Gasteiger partial charge in [0.1, 0.15) is 5.57 Å². The molecule has 0 spiro atoms. The van der Waals surface area contributed by atoms with Crippen LogP contribution in [0.25, 0.3) is 11.1 Å². The third-order valence-corrected chi connectivity index (χ3v) is 7.04. The molecule has 0 unspecified atom stereocenters. The minimum absolute atomic E-state index is 0.965. The fourth-order valence-corrected chi connectivity index (χ4v) is 5.58. The largest absolute Gasteiger partial charge is 0.116 e. The summed E-state index contributed by atoms with van der Waals surface area (Å²) in [6.07, 6.45) is 27.4.